The maximum absolute atomic E-state index is 14.5. The van der Waals surface area contributed by atoms with E-state index in [9.17, 15) is 36.3 Å². The normalized spacial score (nSPS) is 21.6. The number of amides is 3. The number of nitrogens with zero attached hydrogens (tertiary/aromatic N) is 4. The number of nitrogens with one attached hydrogen (secondary N) is 2. The molecule has 0 spiro atoms. The van der Waals surface area contributed by atoms with E-state index < -0.39 is 61.6 Å². The van der Waals surface area contributed by atoms with E-state index in [0.717, 1.165) is 18.2 Å². The van der Waals surface area contributed by atoms with E-state index in [-0.39, 0.29) is 35.3 Å². The van der Waals surface area contributed by atoms with Crippen LogP contribution >= 0.6 is 0 Å². The minimum Gasteiger partial charge on any atom is -0.369 e. The monoisotopic (exact) mass is 568 g/mol. The van der Waals surface area contributed by atoms with Gasteiger partial charge in [-0.1, -0.05) is 12.1 Å². The van der Waals surface area contributed by atoms with E-state index >= 15 is 0 Å². The molecule has 4 heterocycles. The van der Waals surface area contributed by atoms with Gasteiger partial charge in [0.25, 0.3) is 6.43 Å². The highest BCUT2D eigenvalue weighted by Gasteiger charge is 2.41. The molecular formula is C25H25F5N6O4. The van der Waals surface area contributed by atoms with Gasteiger partial charge in [0.05, 0.1) is 18.7 Å². The average molecular weight is 569 g/mol. The zero-order chi connectivity index (χ0) is 28.6. The number of fused-ring (bicyclic) bond motifs is 1. The van der Waals surface area contributed by atoms with Gasteiger partial charge in [0, 0.05) is 30.9 Å². The van der Waals surface area contributed by atoms with E-state index in [1.807, 2.05) is 0 Å². The van der Waals surface area contributed by atoms with Crippen LogP contribution in [0.1, 0.15) is 30.6 Å². The molecular weight excluding hydrogens is 543 g/mol. The second-order valence-electron chi connectivity index (χ2n) is 9.55. The summed E-state index contributed by atoms with van der Waals surface area (Å²) in [5, 5.41) is 2.40. The van der Waals surface area contributed by atoms with Crippen LogP contribution in [0, 0.1) is 11.6 Å². The molecule has 3 atom stereocenters. The van der Waals surface area contributed by atoms with Crippen molar-refractivity contribution in [2.24, 2.45) is 0 Å². The lowest BCUT2D eigenvalue weighted by atomic mass is 10.0. The van der Waals surface area contributed by atoms with E-state index in [4.69, 9.17) is 4.74 Å². The zero-order valence-electron chi connectivity index (χ0n) is 20.9. The van der Waals surface area contributed by atoms with Crippen molar-refractivity contribution in [2.75, 3.05) is 26.2 Å². The van der Waals surface area contributed by atoms with Crippen molar-refractivity contribution < 1.29 is 36.3 Å². The topological polar surface area (TPSA) is 113 Å². The number of urea groups is 1. The van der Waals surface area contributed by atoms with Crippen LogP contribution in [0.3, 0.4) is 0 Å². The quantitative estimate of drug-likeness (QED) is 0.363. The van der Waals surface area contributed by atoms with Gasteiger partial charge < -0.3 is 19.9 Å². The number of carbonyl (C=O) groups excluding carboxylic acids is 2. The zero-order valence-corrected chi connectivity index (χ0v) is 20.9. The van der Waals surface area contributed by atoms with E-state index in [1.54, 1.807) is 22.9 Å². The van der Waals surface area contributed by atoms with E-state index in [0.29, 0.717) is 24.0 Å². The standard InChI is InChI=1S/C25H25F5N6O4/c26-15-4-1-3-14(19(15)27)18-11-35(21(30)20(28)29)23(37)16(12-40-18)32-24(38)34-9-6-13(7-10-34)36-17-5-2-8-31-22(17)33-25(36)39/h1-5,8,13,16,18,20-21H,6-7,9-12H2,(H,32,38)(H,31,33,39)/t16-,18-,21?/m1/s1. The van der Waals surface area contributed by atoms with Crippen LogP contribution in [0.25, 0.3) is 11.2 Å². The maximum Gasteiger partial charge on any atom is 0.327 e. The predicted molar refractivity (Wildman–Crippen MR) is 130 cm³/mol. The van der Waals surface area contributed by atoms with Crippen molar-refractivity contribution in [1.82, 2.24) is 29.7 Å². The summed E-state index contributed by atoms with van der Waals surface area (Å²) in [7, 11) is 0. The third-order valence-corrected chi connectivity index (χ3v) is 7.15. The van der Waals surface area contributed by atoms with Gasteiger partial charge in [-0.2, -0.15) is 0 Å². The number of aromatic amines is 1. The van der Waals surface area contributed by atoms with Crippen LogP contribution < -0.4 is 11.0 Å². The Bertz CT molecular complexity index is 1460. The molecule has 2 aromatic heterocycles. The number of halogens is 5. The molecule has 15 heteroatoms. The molecule has 2 aliphatic heterocycles. The van der Waals surface area contributed by atoms with Crippen molar-refractivity contribution in [3.05, 3.63) is 64.2 Å². The fraction of sp³-hybridized carbons (Fsp3) is 0.440. The lowest BCUT2D eigenvalue weighted by molar-refractivity contribution is -0.146. The van der Waals surface area contributed by atoms with Gasteiger partial charge in [0.2, 0.25) is 12.2 Å². The van der Waals surface area contributed by atoms with Crippen molar-refractivity contribution in [3.8, 4) is 0 Å². The number of rotatable bonds is 5. The van der Waals surface area contributed by atoms with Crippen LogP contribution in [0.2, 0.25) is 0 Å². The van der Waals surface area contributed by atoms with Crippen molar-refractivity contribution in [3.63, 3.8) is 0 Å². The lowest BCUT2D eigenvalue weighted by Gasteiger charge is -2.34. The third-order valence-electron chi connectivity index (χ3n) is 7.15. The Balaban J connectivity index is 1.28. The Morgan fingerprint density at radius 2 is 1.85 bits per heavy atom. The van der Waals surface area contributed by atoms with Crippen molar-refractivity contribution >= 4 is 23.1 Å². The van der Waals surface area contributed by atoms with Gasteiger partial charge in [-0.15, -0.1) is 0 Å². The number of alkyl halides is 3. The van der Waals surface area contributed by atoms with Crippen LogP contribution in [-0.2, 0) is 9.53 Å². The molecule has 2 fully saturated rings. The molecule has 3 amide bonds. The molecule has 10 nitrogen and oxygen atoms in total. The minimum absolute atomic E-state index is 0.168. The molecule has 2 aliphatic rings. The van der Waals surface area contributed by atoms with Crippen molar-refractivity contribution in [2.45, 2.75) is 43.8 Å². The van der Waals surface area contributed by atoms with Gasteiger partial charge in [-0.3, -0.25) is 14.3 Å². The first-order valence-corrected chi connectivity index (χ1v) is 12.5. The Morgan fingerprint density at radius 3 is 2.58 bits per heavy atom. The predicted octanol–water partition coefficient (Wildman–Crippen LogP) is 2.88. The molecule has 1 aromatic carbocycles. The number of hydrogen-bond acceptors (Lipinski definition) is 5. The van der Waals surface area contributed by atoms with Gasteiger partial charge in [-0.25, -0.2) is 36.5 Å². The Hall–Kier alpha value is -4.01. The fourth-order valence-electron chi connectivity index (χ4n) is 5.11. The highest BCUT2D eigenvalue weighted by molar-refractivity contribution is 5.87. The fourth-order valence-corrected chi connectivity index (χ4v) is 5.11. The molecule has 1 unspecified atom stereocenters. The number of pyridine rings is 1. The summed E-state index contributed by atoms with van der Waals surface area (Å²) < 4.78 is 76.3. The average Bonchev–Trinajstić information content (AvgIpc) is 3.20. The smallest absolute Gasteiger partial charge is 0.327 e. The number of H-pyrrole nitrogens is 1. The SMILES string of the molecule is O=C(N[C@@H]1CO[C@@H](c2cccc(F)c2F)CN(C(F)C(F)F)C1=O)N1CCC(n2c(=O)[nH]c3ncccc32)CC1. The number of aromatic nitrogens is 3. The second kappa shape index (κ2) is 11.2. The van der Waals surface area contributed by atoms with Gasteiger partial charge in [-0.05, 0) is 31.0 Å². The number of benzene rings is 1. The first-order valence-electron chi connectivity index (χ1n) is 12.5. The summed E-state index contributed by atoms with van der Waals surface area (Å²) in [6.07, 6.45) is -5.76. The first-order chi connectivity index (χ1) is 19.2. The van der Waals surface area contributed by atoms with Crippen LogP contribution in [0.15, 0.2) is 41.3 Å². The molecule has 214 valence electrons. The molecule has 0 bridgehead atoms. The summed E-state index contributed by atoms with van der Waals surface area (Å²) >= 11 is 0. The summed E-state index contributed by atoms with van der Waals surface area (Å²) in [5.41, 5.74) is 0.356. The van der Waals surface area contributed by atoms with Gasteiger partial charge >= 0.3 is 11.7 Å². The summed E-state index contributed by atoms with van der Waals surface area (Å²) in [5.74, 6) is -3.73. The molecule has 2 saturated heterocycles. The Morgan fingerprint density at radius 1 is 1.10 bits per heavy atom. The number of carbonyl (C=O) groups is 2. The highest BCUT2D eigenvalue weighted by atomic mass is 19.3. The molecule has 5 rings (SSSR count). The van der Waals surface area contributed by atoms with Crippen LogP contribution in [0.5, 0.6) is 0 Å². The molecule has 0 aliphatic carbocycles. The van der Waals surface area contributed by atoms with Gasteiger partial charge in [0.1, 0.15) is 12.1 Å². The second-order valence-corrected chi connectivity index (χ2v) is 9.55. The Labute approximate surface area is 223 Å². The van der Waals surface area contributed by atoms with Gasteiger partial charge in [0.15, 0.2) is 17.3 Å². The number of hydrogen-bond donors (Lipinski definition) is 2. The number of ether oxygens (including phenoxy) is 1. The molecule has 2 N–H and O–H groups in total. The Kier molecular flexibility index (Phi) is 7.74. The van der Waals surface area contributed by atoms with Crippen LogP contribution in [-0.4, -0.2) is 81.3 Å². The van der Waals surface area contributed by atoms with E-state index in [2.05, 4.69) is 15.3 Å². The summed E-state index contributed by atoms with van der Waals surface area (Å²) in [6, 6.07) is 4.08. The summed E-state index contributed by atoms with van der Waals surface area (Å²) in [4.78, 5) is 46.9. The lowest BCUT2D eigenvalue weighted by Crippen LogP contribution is -2.56. The largest absolute Gasteiger partial charge is 0.369 e. The molecule has 3 aromatic rings. The minimum atomic E-state index is -3.58. The molecule has 40 heavy (non-hydrogen) atoms. The molecule has 0 saturated carbocycles. The van der Waals surface area contributed by atoms with Crippen LogP contribution in [0.4, 0.5) is 26.7 Å². The number of piperidine rings is 1. The number of imidazole rings is 1. The highest BCUT2D eigenvalue weighted by Crippen LogP contribution is 2.29. The number of likely N-dealkylation sites (tertiary alicyclic amines) is 1. The summed E-state index contributed by atoms with van der Waals surface area (Å²) in [6.45, 7) is -1.02. The first kappa shape index (κ1) is 27.6. The third kappa shape index (κ3) is 5.24. The van der Waals surface area contributed by atoms with Crippen molar-refractivity contribution in [1.29, 1.82) is 0 Å². The van der Waals surface area contributed by atoms with E-state index in [1.165, 1.54) is 4.90 Å². The maximum atomic E-state index is 14.5. The molecule has 0 radical (unpaired) electrons.